The molecule has 1 amide bonds. The van der Waals surface area contributed by atoms with Crippen LogP contribution in [0.15, 0.2) is 41.1 Å². The Bertz CT molecular complexity index is 717. The second kappa shape index (κ2) is 9.90. The number of thiophene rings is 1. The summed E-state index contributed by atoms with van der Waals surface area (Å²) in [6.07, 6.45) is 3.46. The van der Waals surface area contributed by atoms with Crippen molar-refractivity contribution in [1.29, 1.82) is 0 Å². The number of methoxy groups -OCH3 is 1. The third-order valence-electron chi connectivity index (χ3n) is 5.37. The van der Waals surface area contributed by atoms with Crippen molar-refractivity contribution in [1.82, 2.24) is 9.80 Å². The lowest BCUT2D eigenvalue weighted by Crippen LogP contribution is -2.43. The van der Waals surface area contributed by atoms with Gasteiger partial charge in [-0.1, -0.05) is 12.1 Å². The standard InChI is InChI=1S/C22H30N2O2S/c1-3-24(22(25)20-10-13-27-17-20)16-19-7-5-11-23(15-19)12-9-18-6-4-8-21(14-18)26-2/h4,6,8,10,13-14,17,19H,3,5,7,9,11-12,15-16H2,1-2H3/t19-/m0/s1. The van der Waals surface area contributed by atoms with Crippen molar-refractivity contribution in [3.05, 3.63) is 52.2 Å². The number of nitrogens with zero attached hydrogens (tertiary/aromatic N) is 2. The van der Waals surface area contributed by atoms with Gasteiger partial charge in [-0.15, -0.1) is 0 Å². The van der Waals surface area contributed by atoms with Gasteiger partial charge in [0.15, 0.2) is 0 Å². The predicted molar refractivity (Wildman–Crippen MR) is 112 cm³/mol. The van der Waals surface area contributed by atoms with E-state index in [2.05, 4.69) is 30.0 Å². The van der Waals surface area contributed by atoms with E-state index >= 15 is 0 Å². The molecule has 1 saturated heterocycles. The Hall–Kier alpha value is -1.85. The highest BCUT2D eigenvalue weighted by Crippen LogP contribution is 2.20. The molecule has 0 radical (unpaired) electrons. The molecule has 1 aliphatic heterocycles. The average molecular weight is 387 g/mol. The van der Waals surface area contributed by atoms with Crippen LogP contribution in [0.1, 0.15) is 35.7 Å². The van der Waals surface area contributed by atoms with Crippen molar-refractivity contribution in [3.63, 3.8) is 0 Å². The zero-order chi connectivity index (χ0) is 19.1. The van der Waals surface area contributed by atoms with E-state index in [1.165, 1.54) is 18.4 Å². The van der Waals surface area contributed by atoms with Crippen LogP contribution in [0.4, 0.5) is 0 Å². The summed E-state index contributed by atoms with van der Waals surface area (Å²) in [5, 5.41) is 3.92. The van der Waals surface area contributed by atoms with Crippen LogP contribution in [0.3, 0.4) is 0 Å². The summed E-state index contributed by atoms with van der Waals surface area (Å²) in [4.78, 5) is 17.2. The third-order valence-corrected chi connectivity index (χ3v) is 6.05. The monoisotopic (exact) mass is 386 g/mol. The van der Waals surface area contributed by atoms with Gasteiger partial charge < -0.3 is 14.5 Å². The number of benzene rings is 1. The van der Waals surface area contributed by atoms with Crippen molar-refractivity contribution in [2.75, 3.05) is 39.8 Å². The summed E-state index contributed by atoms with van der Waals surface area (Å²) >= 11 is 1.58. The van der Waals surface area contributed by atoms with Crippen molar-refractivity contribution in [2.45, 2.75) is 26.2 Å². The van der Waals surface area contributed by atoms with Gasteiger partial charge in [0.25, 0.3) is 5.91 Å². The molecule has 0 saturated carbocycles. The second-order valence-corrected chi connectivity index (χ2v) is 8.05. The Morgan fingerprint density at radius 1 is 1.37 bits per heavy atom. The Morgan fingerprint density at radius 3 is 3.00 bits per heavy atom. The summed E-state index contributed by atoms with van der Waals surface area (Å²) in [6.45, 7) is 7.01. The van der Waals surface area contributed by atoms with Gasteiger partial charge in [0.05, 0.1) is 12.7 Å². The highest BCUT2D eigenvalue weighted by molar-refractivity contribution is 7.08. The van der Waals surface area contributed by atoms with Crippen LogP contribution in [0.25, 0.3) is 0 Å². The first-order chi connectivity index (χ1) is 13.2. The minimum absolute atomic E-state index is 0.173. The van der Waals surface area contributed by atoms with Crippen molar-refractivity contribution in [3.8, 4) is 5.75 Å². The van der Waals surface area contributed by atoms with E-state index in [1.54, 1.807) is 18.4 Å². The highest BCUT2D eigenvalue weighted by atomic mass is 32.1. The van der Waals surface area contributed by atoms with Crippen LogP contribution in [-0.2, 0) is 6.42 Å². The maximum absolute atomic E-state index is 12.7. The number of hydrogen-bond donors (Lipinski definition) is 0. The summed E-state index contributed by atoms with van der Waals surface area (Å²) in [5.41, 5.74) is 2.15. The maximum atomic E-state index is 12.7. The van der Waals surface area contributed by atoms with E-state index in [1.807, 2.05) is 27.8 Å². The number of amides is 1. The molecule has 146 valence electrons. The van der Waals surface area contributed by atoms with Gasteiger partial charge in [0.1, 0.15) is 5.75 Å². The topological polar surface area (TPSA) is 32.8 Å². The molecule has 1 aromatic heterocycles. The molecule has 1 aliphatic rings. The Kier molecular flexibility index (Phi) is 7.30. The summed E-state index contributed by atoms with van der Waals surface area (Å²) in [6, 6.07) is 10.3. The molecule has 3 rings (SSSR count). The number of carbonyl (C=O) groups is 1. The zero-order valence-corrected chi connectivity index (χ0v) is 17.2. The molecule has 1 aromatic carbocycles. The van der Waals surface area contributed by atoms with E-state index in [9.17, 15) is 4.79 Å². The van der Waals surface area contributed by atoms with E-state index < -0.39 is 0 Å². The molecular weight excluding hydrogens is 356 g/mol. The van der Waals surface area contributed by atoms with Crippen LogP contribution >= 0.6 is 11.3 Å². The van der Waals surface area contributed by atoms with Crippen LogP contribution in [-0.4, -0.2) is 55.5 Å². The number of carbonyl (C=O) groups excluding carboxylic acids is 1. The Labute approximate surface area is 166 Å². The molecule has 27 heavy (non-hydrogen) atoms. The molecule has 0 bridgehead atoms. The lowest BCUT2D eigenvalue weighted by molar-refractivity contribution is 0.0691. The van der Waals surface area contributed by atoms with Gasteiger partial charge in [-0.05, 0) is 67.8 Å². The van der Waals surface area contributed by atoms with Crippen molar-refractivity contribution in [2.24, 2.45) is 5.92 Å². The van der Waals surface area contributed by atoms with Crippen LogP contribution in [0.2, 0.25) is 0 Å². The Balaban J connectivity index is 1.51. The van der Waals surface area contributed by atoms with Gasteiger partial charge in [-0.25, -0.2) is 0 Å². The minimum Gasteiger partial charge on any atom is -0.497 e. The molecule has 2 aromatic rings. The molecule has 1 fully saturated rings. The van der Waals surface area contributed by atoms with Crippen molar-refractivity contribution < 1.29 is 9.53 Å². The molecule has 0 spiro atoms. The molecule has 1 atom stereocenters. The van der Waals surface area contributed by atoms with Gasteiger partial charge in [-0.3, -0.25) is 4.79 Å². The number of piperidine rings is 1. The largest absolute Gasteiger partial charge is 0.497 e. The fraction of sp³-hybridized carbons (Fsp3) is 0.500. The SMILES string of the molecule is CCN(C[C@H]1CCCN(CCc2cccc(OC)c2)C1)C(=O)c1ccsc1. The van der Waals surface area contributed by atoms with E-state index in [-0.39, 0.29) is 5.91 Å². The first-order valence-corrected chi connectivity index (χ1v) is 10.8. The number of rotatable bonds is 8. The van der Waals surface area contributed by atoms with Crippen molar-refractivity contribution >= 4 is 17.2 Å². The normalized spacial score (nSPS) is 17.6. The summed E-state index contributed by atoms with van der Waals surface area (Å²) < 4.78 is 5.32. The van der Waals surface area contributed by atoms with E-state index in [0.29, 0.717) is 5.92 Å². The van der Waals surface area contributed by atoms with Crippen LogP contribution in [0, 0.1) is 5.92 Å². The fourth-order valence-electron chi connectivity index (χ4n) is 3.85. The number of likely N-dealkylation sites (tertiary alicyclic amines) is 1. The quantitative estimate of drug-likeness (QED) is 0.682. The summed E-state index contributed by atoms with van der Waals surface area (Å²) in [7, 11) is 1.71. The Morgan fingerprint density at radius 2 is 2.26 bits per heavy atom. The second-order valence-electron chi connectivity index (χ2n) is 7.27. The van der Waals surface area contributed by atoms with E-state index in [0.717, 1.165) is 50.5 Å². The van der Waals surface area contributed by atoms with Gasteiger partial charge in [0.2, 0.25) is 0 Å². The molecule has 5 heteroatoms. The molecule has 0 unspecified atom stereocenters. The maximum Gasteiger partial charge on any atom is 0.254 e. The average Bonchev–Trinajstić information content (AvgIpc) is 3.25. The first-order valence-electron chi connectivity index (χ1n) is 9.86. The van der Waals surface area contributed by atoms with Gasteiger partial charge in [-0.2, -0.15) is 11.3 Å². The smallest absolute Gasteiger partial charge is 0.254 e. The number of hydrogen-bond acceptors (Lipinski definition) is 4. The first kappa shape index (κ1) is 19.9. The van der Waals surface area contributed by atoms with E-state index in [4.69, 9.17) is 4.74 Å². The lowest BCUT2D eigenvalue weighted by atomic mass is 9.96. The zero-order valence-electron chi connectivity index (χ0n) is 16.4. The van der Waals surface area contributed by atoms with Crippen LogP contribution in [0.5, 0.6) is 5.75 Å². The van der Waals surface area contributed by atoms with Gasteiger partial charge in [0, 0.05) is 31.6 Å². The van der Waals surface area contributed by atoms with Crippen LogP contribution < -0.4 is 4.74 Å². The van der Waals surface area contributed by atoms with Gasteiger partial charge >= 0.3 is 0 Å². The highest BCUT2D eigenvalue weighted by Gasteiger charge is 2.24. The number of ether oxygens (including phenoxy) is 1. The molecule has 0 aliphatic carbocycles. The molecule has 0 N–H and O–H groups in total. The fourth-order valence-corrected chi connectivity index (χ4v) is 4.48. The molecular formula is C22H30N2O2S. The molecule has 4 nitrogen and oxygen atoms in total. The minimum atomic E-state index is 0.173. The predicted octanol–water partition coefficient (Wildman–Crippen LogP) is 4.17. The third kappa shape index (κ3) is 5.56. The lowest BCUT2D eigenvalue weighted by Gasteiger charge is -2.35. The molecule has 2 heterocycles. The summed E-state index contributed by atoms with van der Waals surface area (Å²) in [5.74, 6) is 1.66.